The van der Waals surface area contributed by atoms with Crippen molar-refractivity contribution in [2.75, 3.05) is 0 Å². The van der Waals surface area contributed by atoms with Crippen molar-refractivity contribution in [1.82, 2.24) is 19.9 Å². The van der Waals surface area contributed by atoms with Gasteiger partial charge in [-0.15, -0.1) is 0 Å². The summed E-state index contributed by atoms with van der Waals surface area (Å²) in [6.45, 7) is 0. The highest BCUT2D eigenvalue weighted by atomic mass is 35.5. The van der Waals surface area contributed by atoms with Gasteiger partial charge in [-0.25, -0.2) is 4.68 Å². The molecular formula is C19H10ClF3N4O2. The number of rotatable bonds is 3. The summed E-state index contributed by atoms with van der Waals surface area (Å²) in [5, 5.41) is 8.50. The lowest BCUT2D eigenvalue weighted by Crippen LogP contribution is -2.12. The van der Waals surface area contributed by atoms with E-state index in [2.05, 4.69) is 15.2 Å². The Bertz CT molecular complexity index is 1220. The van der Waals surface area contributed by atoms with Crippen LogP contribution in [-0.4, -0.2) is 19.9 Å². The SMILES string of the molecule is O=c1ccn(-c2ccc(Cl)cc2)nc1-c1nc(-c2ccc(C(F)(F)F)cc2)no1. The van der Waals surface area contributed by atoms with Gasteiger partial charge in [-0.05, 0) is 36.4 Å². The quantitative estimate of drug-likeness (QED) is 0.485. The first-order valence-electron chi connectivity index (χ1n) is 8.19. The summed E-state index contributed by atoms with van der Waals surface area (Å²) in [6.07, 6.45) is -2.97. The zero-order valence-corrected chi connectivity index (χ0v) is 15.1. The van der Waals surface area contributed by atoms with E-state index in [1.54, 1.807) is 24.3 Å². The number of nitrogens with zero attached hydrogens (tertiary/aromatic N) is 4. The molecule has 146 valence electrons. The molecule has 0 bridgehead atoms. The molecular weight excluding hydrogens is 409 g/mol. The Morgan fingerprint density at radius 3 is 2.31 bits per heavy atom. The monoisotopic (exact) mass is 418 g/mol. The molecule has 6 nitrogen and oxygen atoms in total. The molecule has 2 heterocycles. The van der Waals surface area contributed by atoms with Gasteiger partial charge >= 0.3 is 6.18 Å². The third kappa shape index (κ3) is 3.90. The maximum Gasteiger partial charge on any atom is 0.416 e. The van der Waals surface area contributed by atoms with Crippen molar-refractivity contribution in [3.63, 3.8) is 0 Å². The number of halogens is 4. The first kappa shape index (κ1) is 18.9. The molecule has 0 spiro atoms. The number of hydrogen-bond donors (Lipinski definition) is 0. The summed E-state index contributed by atoms with van der Waals surface area (Å²) in [4.78, 5) is 16.3. The summed E-state index contributed by atoms with van der Waals surface area (Å²) >= 11 is 5.87. The zero-order valence-electron chi connectivity index (χ0n) is 14.4. The standard InChI is InChI=1S/C19H10ClF3N4O2/c20-13-5-7-14(8-6-13)27-10-9-15(28)16(25-27)18-24-17(26-29-18)11-1-3-12(4-2-11)19(21,22)23/h1-10H. The molecule has 29 heavy (non-hydrogen) atoms. The van der Waals surface area contributed by atoms with Crippen molar-refractivity contribution in [2.45, 2.75) is 6.18 Å². The van der Waals surface area contributed by atoms with E-state index in [1.807, 2.05) is 0 Å². The van der Waals surface area contributed by atoms with Crippen LogP contribution in [0.5, 0.6) is 0 Å². The fourth-order valence-electron chi connectivity index (χ4n) is 2.54. The van der Waals surface area contributed by atoms with Gasteiger partial charge in [0.15, 0.2) is 5.69 Å². The van der Waals surface area contributed by atoms with Gasteiger partial charge in [0, 0.05) is 22.8 Å². The largest absolute Gasteiger partial charge is 0.416 e. The lowest BCUT2D eigenvalue weighted by molar-refractivity contribution is -0.137. The van der Waals surface area contributed by atoms with Gasteiger partial charge < -0.3 is 4.52 Å². The van der Waals surface area contributed by atoms with Crippen LogP contribution >= 0.6 is 11.6 Å². The van der Waals surface area contributed by atoms with Gasteiger partial charge in [0.1, 0.15) is 0 Å². The van der Waals surface area contributed by atoms with E-state index in [1.165, 1.54) is 29.1 Å². The Kier molecular flexibility index (Phi) is 4.67. The van der Waals surface area contributed by atoms with Gasteiger partial charge in [-0.1, -0.05) is 28.9 Å². The Balaban J connectivity index is 1.68. The molecule has 0 aliphatic rings. The molecule has 4 aromatic rings. The van der Waals surface area contributed by atoms with Crippen molar-refractivity contribution in [3.05, 3.63) is 81.6 Å². The second kappa shape index (κ2) is 7.17. The second-order valence-electron chi connectivity index (χ2n) is 5.95. The first-order chi connectivity index (χ1) is 13.8. The van der Waals surface area contributed by atoms with Crippen LogP contribution < -0.4 is 5.43 Å². The van der Waals surface area contributed by atoms with Gasteiger partial charge in [0.05, 0.1) is 11.3 Å². The van der Waals surface area contributed by atoms with Gasteiger partial charge in [0.25, 0.3) is 5.89 Å². The molecule has 0 aliphatic heterocycles. The molecule has 0 aliphatic carbocycles. The summed E-state index contributed by atoms with van der Waals surface area (Å²) in [7, 11) is 0. The molecule has 0 unspecified atom stereocenters. The van der Waals surface area contributed by atoms with Crippen LogP contribution in [0.3, 0.4) is 0 Å². The van der Waals surface area contributed by atoms with E-state index in [0.717, 1.165) is 12.1 Å². The van der Waals surface area contributed by atoms with Gasteiger partial charge in [0.2, 0.25) is 11.3 Å². The smallest absolute Gasteiger partial charge is 0.332 e. The van der Waals surface area contributed by atoms with E-state index < -0.39 is 17.2 Å². The Morgan fingerprint density at radius 1 is 0.966 bits per heavy atom. The maximum absolute atomic E-state index is 12.7. The summed E-state index contributed by atoms with van der Waals surface area (Å²) in [6, 6.07) is 12.3. The minimum absolute atomic E-state index is 0.0387. The predicted molar refractivity (Wildman–Crippen MR) is 98.6 cm³/mol. The number of aromatic nitrogens is 4. The molecule has 0 saturated heterocycles. The maximum atomic E-state index is 12.7. The van der Waals surface area contributed by atoms with Crippen LogP contribution in [-0.2, 0) is 6.18 Å². The lowest BCUT2D eigenvalue weighted by Gasteiger charge is -2.06. The van der Waals surface area contributed by atoms with Gasteiger partial charge in [-0.3, -0.25) is 4.79 Å². The average Bonchev–Trinajstić information content (AvgIpc) is 3.18. The fraction of sp³-hybridized carbons (Fsp3) is 0.0526. The van der Waals surface area contributed by atoms with Crippen molar-refractivity contribution in [1.29, 1.82) is 0 Å². The molecule has 2 aromatic heterocycles. The molecule has 0 radical (unpaired) electrons. The summed E-state index contributed by atoms with van der Waals surface area (Å²) in [5.41, 5.74) is -0.369. The average molecular weight is 419 g/mol. The van der Waals surface area contributed by atoms with Crippen molar-refractivity contribution < 1.29 is 17.7 Å². The highest BCUT2D eigenvalue weighted by molar-refractivity contribution is 6.30. The van der Waals surface area contributed by atoms with E-state index in [9.17, 15) is 18.0 Å². The highest BCUT2D eigenvalue weighted by Gasteiger charge is 2.30. The molecule has 0 atom stereocenters. The van der Waals surface area contributed by atoms with Crippen LogP contribution in [0.1, 0.15) is 5.56 Å². The highest BCUT2D eigenvalue weighted by Crippen LogP contribution is 2.30. The van der Waals surface area contributed by atoms with Crippen molar-refractivity contribution >= 4 is 11.6 Å². The Labute approximate surface area is 166 Å². The number of alkyl halides is 3. The van der Waals surface area contributed by atoms with E-state index in [4.69, 9.17) is 16.1 Å². The van der Waals surface area contributed by atoms with Crippen molar-refractivity contribution in [3.8, 4) is 28.7 Å². The summed E-state index contributed by atoms with van der Waals surface area (Å²) in [5.74, 6) is -0.106. The minimum atomic E-state index is -4.44. The molecule has 0 fully saturated rings. The Hall–Kier alpha value is -3.46. The molecule has 0 saturated carbocycles. The minimum Gasteiger partial charge on any atom is -0.332 e. The van der Waals surface area contributed by atoms with Crippen LogP contribution in [0, 0.1) is 0 Å². The van der Waals surface area contributed by atoms with E-state index in [0.29, 0.717) is 16.3 Å². The number of hydrogen-bond acceptors (Lipinski definition) is 5. The molecule has 4 rings (SSSR count). The van der Waals surface area contributed by atoms with Gasteiger partial charge in [-0.2, -0.15) is 23.3 Å². The number of benzene rings is 2. The Morgan fingerprint density at radius 2 is 1.66 bits per heavy atom. The second-order valence-corrected chi connectivity index (χ2v) is 6.38. The van der Waals surface area contributed by atoms with E-state index >= 15 is 0 Å². The zero-order chi connectivity index (χ0) is 20.6. The predicted octanol–water partition coefficient (Wildman–Crippen LogP) is 4.62. The third-order valence-corrected chi connectivity index (χ3v) is 4.25. The van der Waals surface area contributed by atoms with Crippen molar-refractivity contribution in [2.24, 2.45) is 0 Å². The molecule has 10 heteroatoms. The van der Waals surface area contributed by atoms with E-state index in [-0.39, 0.29) is 17.4 Å². The normalized spacial score (nSPS) is 11.6. The van der Waals surface area contributed by atoms with Crippen LogP contribution in [0.25, 0.3) is 28.7 Å². The summed E-state index contributed by atoms with van der Waals surface area (Å²) < 4.78 is 44.6. The third-order valence-electron chi connectivity index (χ3n) is 4.00. The van der Waals surface area contributed by atoms with Crippen LogP contribution in [0.4, 0.5) is 13.2 Å². The topological polar surface area (TPSA) is 73.8 Å². The molecule has 0 N–H and O–H groups in total. The fourth-order valence-corrected chi connectivity index (χ4v) is 2.66. The van der Waals surface area contributed by atoms with Crippen LogP contribution in [0.15, 0.2) is 70.1 Å². The molecule has 0 amide bonds. The lowest BCUT2D eigenvalue weighted by atomic mass is 10.1. The first-order valence-corrected chi connectivity index (χ1v) is 8.57. The molecule has 2 aromatic carbocycles. The van der Waals surface area contributed by atoms with Crippen LogP contribution in [0.2, 0.25) is 5.02 Å².